The molecular formula is C29H18ClFN2O3. The van der Waals surface area contributed by atoms with E-state index in [1.807, 2.05) is 30.3 Å². The number of hydrogen-bond acceptors (Lipinski definition) is 4. The number of imidazole rings is 1. The van der Waals surface area contributed by atoms with E-state index in [0.717, 1.165) is 16.5 Å². The van der Waals surface area contributed by atoms with Gasteiger partial charge in [0.2, 0.25) is 5.78 Å². The van der Waals surface area contributed by atoms with Gasteiger partial charge in [-0.2, -0.15) is 0 Å². The summed E-state index contributed by atoms with van der Waals surface area (Å²) in [5.74, 6) is 0.235. The summed E-state index contributed by atoms with van der Waals surface area (Å²) in [5, 5.41) is 11.8. The van der Waals surface area contributed by atoms with E-state index in [9.17, 15) is 14.3 Å². The van der Waals surface area contributed by atoms with Gasteiger partial charge in [0.05, 0.1) is 16.6 Å². The molecule has 176 valence electrons. The molecule has 2 aromatic heterocycles. The fraction of sp³-hybridized carbons (Fsp3) is 0.0345. The highest BCUT2D eigenvalue weighted by Crippen LogP contribution is 2.31. The minimum atomic E-state index is -0.358. The number of hydrogen-bond donors (Lipinski definition) is 2. The Balaban J connectivity index is 1.29. The van der Waals surface area contributed by atoms with Gasteiger partial charge in [0.25, 0.3) is 0 Å². The number of carbonyl (C=O) groups is 1. The number of halogens is 2. The quantitative estimate of drug-likeness (QED) is 0.245. The third-order valence-electron chi connectivity index (χ3n) is 6.08. The molecule has 0 fully saturated rings. The van der Waals surface area contributed by atoms with Crippen molar-refractivity contribution in [2.75, 3.05) is 0 Å². The van der Waals surface area contributed by atoms with Crippen LogP contribution in [0.4, 0.5) is 4.39 Å². The lowest BCUT2D eigenvalue weighted by Crippen LogP contribution is -1.98. The van der Waals surface area contributed by atoms with Crippen molar-refractivity contribution in [1.82, 2.24) is 9.97 Å². The molecule has 4 aromatic carbocycles. The van der Waals surface area contributed by atoms with Crippen molar-refractivity contribution in [1.29, 1.82) is 0 Å². The molecule has 0 radical (unpaired) electrons. The molecule has 0 aliphatic rings. The Morgan fingerprint density at radius 3 is 2.56 bits per heavy atom. The second kappa shape index (κ2) is 8.66. The van der Waals surface area contributed by atoms with Gasteiger partial charge in [0, 0.05) is 16.0 Å². The molecule has 5 nitrogen and oxygen atoms in total. The van der Waals surface area contributed by atoms with Crippen molar-refractivity contribution in [3.63, 3.8) is 0 Å². The molecule has 2 N–H and O–H groups in total. The van der Waals surface area contributed by atoms with Gasteiger partial charge in [-0.3, -0.25) is 4.79 Å². The first-order valence-electron chi connectivity index (χ1n) is 11.2. The number of aromatic amines is 1. The number of benzene rings is 4. The van der Waals surface area contributed by atoms with Crippen LogP contribution in [-0.2, 0) is 6.42 Å². The first kappa shape index (κ1) is 22.1. The van der Waals surface area contributed by atoms with Crippen molar-refractivity contribution < 1.29 is 18.7 Å². The third kappa shape index (κ3) is 4.12. The van der Waals surface area contributed by atoms with Crippen molar-refractivity contribution >= 4 is 39.4 Å². The average Bonchev–Trinajstić information content (AvgIpc) is 3.49. The Kier molecular flexibility index (Phi) is 5.31. The molecule has 0 atom stereocenters. The summed E-state index contributed by atoms with van der Waals surface area (Å²) in [4.78, 5) is 20.4. The maximum atomic E-state index is 13.6. The molecule has 36 heavy (non-hydrogen) atoms. The van der Waals surface area contributed by atoms with E-state index >= 15 is 0 Å². The number of fused-ring (bicyclic) bond motifs is 2. The Morgan fingerprint density at radius 1 is 0.944 bits per heavy atom. The van der Waals surface area contributed by atoms with E-state index in [2.05, 4.69) is 9.97 Å². The lowest BCUT2D eigenvalue weighted by atomic mass is 10.0. The molecule has 0 saturated heterocycles. The van der Waals surface area contributed by atoms with Crippen LogP contribution >= 0.6 is 11.6 Å². The molecular weight excluding hydrogens is 479 g/mol. The number of nitrogens with one attached hydrogen (secondary N) is 1. The molecule has 0 unspecified atom stereocenters. The van der Waals surface area contributed by atoms with E-state index in [0.29, 0.717) is 45.0 Å². The van der Waals surface area contributed by atoms with Crippen LogP contribution in [0, 0.1) is 5.82 Å². The number of carbonyl (C=O) groups excluding carboxylic acids is 1. The fourth-order valence-corrected chi connectivity index (χ4v) is 4.41. The summed E-state index contributed by atoms with van der Waals surface area (Å²) in [5.41, 5.74) is 4.80. The van der Waals surface area contributed by atoms with Crippen LogP contribution in [0.15, 0.2) is 89.3 Å². The predicted molar refractivity (Wildman–Crippen MR) is 137 cm³/mol. The zero-order valence-electron chi connectivity index (χ0n) is 18.8. The van der Waals surface area contributed by atoms with Gasteiger partial charge in [-0.15, -0.1) is 0 Å². The van der Waals surface area contributed by atoms with E-state index in [1.165, 1.54) is 12.1 Å². The van der Waals surface area contributed by atoms with Crippen LogP contribution in [0.2, 0.25) is 5.02 Å². The van der Waals surface area contributed by atoms with Crippen molar-refractivity contribution in [2.45, 2.75) is 6.42 Å². The van der Waals surface area contributed by atoms with Crippen LogP contribution < -0.4 is 0 Å². The number of aromatic nitrogens is 2. The van der Waals surface area contributed by atoms with Gasteiger partial charge in [-0.1, -0.05) is 23.7 Å². The van der Waals surface area contributed by atoms with E-state index in [4.69, 9.17) is 16.0 Å². The number of phenols is 1. The number of furan rings is 1. The molecule has 0 aliphatic carbocycles. The van der Waals surface area contributed by atoms with Crippen LogP contribution in [-0.4, -0.2) is 20.9 Å². The Hall–Kier alpha value is -4.42. The third-order valence-corrected chi connectivity index (χ3v) is 6.33. The van der Waals surface area contributed by atoms with Gasteiger partial charge >= 0.3 is 0 Å². The molecule has 2 heterocycles. The predicted octanol–water partition coefficient (Wildman–Crippen LogP) is 7.30. The molecule has 0 saturated carbocycles. The highest BCUT2D eigenvalue weighted by atomic mass is 35.5. The van der Waals surface area contributed by atoms with Crippen LogP contribution in [0.3, 0.4) is 0 Å². The average molecular weight is 497 g/mol. The van der Waals surface area contributed by atoms with Gasteiger partial charge in [-0.05, 0) is 90.3 Å². The minimum Gasteiger partial charge on any atom is -0.507 e. The van der Waals surface area contributed by atoms with Crippen molar-refractivity contribution in [3.8, 4) is 17.1 Å². The molecule has 0 spiro atoms. The van der Waals surface area contributed by atoms with Gasteiger partial charge < -0.3 is 14.5 Å². The minimum absolute atomic E-state index is 0.0777. The van der Waals surface area contributed by atoms with Gasteiger partial charge in [-0.25, -0.2) is 9.37 Å². The highest BCUT2D eigenvalue weighted by molar-refractivity contribution is 6.30. The maximum Gasteiger partial charge on any atom is 0.228 e. The SMILES string of the molecule is O=C(c1ccc(Cl)cc1)c1cc2cc(Cc3ccc(O)c(-c4nc5ccc(F)cc5[nH]4)c3)ccc2o1. The smallest absolute Gasteiger partial charge is 0.228 e. The standard InChI is InChI=1S/C29H18ClFN2O3/c30-20-5-3-18(4-6-20)28(35)27-14-19-12-16(2-10-26(19)36-27)11-17-1-9-25(34)22(13-17)29-32-23-8-7-21(31)15-24(23)33-29/h1-10,12-15,34H,11H2,(H,32,33). The molecule has 6 aromatic rings. The number of H-pyrrole nitrogens is 1. The topological polar surface area (TPSA) is 79.1 Å². The lowest BCUT2D eigenvalue weighted by Gasteiger charge is -2.07. The summed E-state index contributed by atoms with van der Waals surface area (Å²) in [7, 11) is 0. The monoisotopic (exact) mass is 496 g/mol. The number of nitrogens with zero attached hydrogens (tertiary/aromatic N) is 1. The summed E-state index contributed by atoms with van der Waals surface area (Å²) >= 11 is 5.92. The first-order valence-corrected chi connectivity index (χ1v) is 11.6. The van der Waals surface area contributed by atoms with Gasteiger partial charge in [0.15, 0.2) is 5.76 Å². The van der Waals surface area contributed by atoms with E-state index in [-0.39, 0.29) is 23.1 Å². The Morgan fingerprint density at radius 2 is 1.72 bits per heavy atom. The van der Waals surface area contributed by atoms with Crippen LogP contribution in [0.1, 0.15) is 27.2 Å². The molecule has 6 rings (SSSR count). The summed E-state index contributed by atoms with van der Waals surface area (Å²) in [6, 6.07) is 23.8. The van der Waals surface area contributed by atoms with Crippen molar-refractivity contribution in [2.24, 2.45) is 0 Å². The normalized spacial score (nSPS) is 11.4. The first-order chi connectivity index (χ1) is 17.4. The fourth-order valence-electron chi connectivity index (χ4n) is 4.29. The van der Waals surface area contributed by atoms with E-state index in [1.54, 1.807) is 42.5 Å². The number of phenolic OH excluding ortho intramolecular Hbond substituents is 1. The number of aromatic hydroxyl groups is 1. The number of ketones is 1. The van der Waals surface area contributed by atoms with Gasteiger partial charge in [0.1, 0.15) is 23.0 Å². The second-order valence-corrected chi connectivity index (χ2v) is 9.03. The maximum absolute atomic E-state index is 13.6. The molecule has 0 amide bonds. The zero-order valence-corrected chi connectivity index (χ0v) is 19.5. The zero-order chi connectivity index (χ0) is 24.8. The lowest BCUT2D eigenvalue weighted by molar-refractivity contribution is 0.101. The molecule has 0 aliphatic heterocycles. The van der Waals surface area contributed by atoms with Crippen molar-refractivity contribution in [3.05, 3.63) is 118 Å². The van der Waals surface area contributed by atoms with E-state index < -0.39 is 0 Å². The summed E-state index contributed by atoms with van der Waals surface area (Å²) in [6.07, 6.45) is 0.587. The van der Waals surface area contributed by atoms with Crippen LogP contribution in [0.5, 0.6) is 5.75 Å². The summed E-state index contributed by atoms with van der Waals surface area (Å²) < 4.78 is 19.4. The molecule has 0 bridgehead atoms. The number of rotatable bonds is 5. The highest BCUT2D eigenvalue weighted by Gasteiger charge is 2.16. The Bertz CT molecular complexity index is 1770. The largest absolute Gasteiger partial charge is 0.507 e. The molecule has 7 heteroatoms. The van der Waals surface area contributed by atoms with Crippen LogP contribution in [0.25, 0.3) is 33.4 Å². The second-order valence-electron chi connectivity index (χ2n) is 8.59. The summed E-state index contributed by atoms with van der Waals surface area (Å²) in [6.45, 7) is 0. The Labute approximate surface area is 209 Å².